The van der Waals surface area contributed by atoms with Crippen LogP contribution in [-0.2, 0) is 18.0 Å². The van der Waals surface area contributed by atoms with E-state index in [-0.39, 0.29) is 5.56 Å². The molecule has 0 spiro atoms. The third-order valence-corrected chi connectivity index (χ3v) is 5.62. The van der Waals surface area contributed by atoms with E-state index in [1.807, 2.05) is 19.1 Å². The fourth-order valence-electron chi connectivity index (χ4n) is 2.69. The number of aromatic nitrogens is 1. The Kier molecular flexibility index (Phi) is 5.86. The second-order valence-electron chi connectivity index (χ2n) is 6.39. The molecule has 1 atom stereocenters. The Morgan fingerprint density at radius 3 is 2.36 bits per heavy atom. The summed E-state index contributed by atoms with van der Waals surface area (Å²) in [5.41, 5.74) is 2.37. The topological polar surface area (TPSA) is 63.1 Å². The second kappa shape index (κ2) is 8.16. The fraction of sp³-hybridized carbons (Fsp3) is 0.150. The SMILES string of the molecule is Cc1ccc(Nc2c(NS(=O)c3ccc(F)cc3)cc(C)c(=O)n2C)c(Cl)c1. The molecule has 5 nitrogen and oxygen atoms in total. The molecule has 3 aromatic rings. The van der Waals surface area contributed by atoms with Crippen molar-refractivity contribution in [3.63, 3.8) is 0 Å². The molecule has 0 radical (unpaired) electrons. The van der Waals surface area contributed by atoms with Gasteiger partial charge in [0.25, 0.3) is 5.56 Å². The Bertz CT molecular complexity index is 1110. The first-order valence-electron chi connectivity index (χ1n) is 8.44. The van der Waals surface area contributed by atoms with Crippen molar-refractivity contribution in [1.82, 2.24) is 4.57 Å². The van der Waals surface area contributed by atoms with Crippen molar-refractivity contribution in [2.24, 2.45) is 7.05 Å². The van der Waals surface area contributed by atoms with Gasteiger partial charge in [0.2, 0.25) is 0 Å². The molecule has 1 aromatic heterocycles. The van der Waals surface area contributed by atoms with Gasteiger partial charge in [0, 0.05) is 12.6 Å². The Morgan fingerprint density at radius 1 is 1.04 bits per heavy atom. The maximum Gasteiger partial charge on any atom is 0.254 e. The summed E-state index contributed by atoms with van der Waals surface area (Å²) >= 11 is 6.31. The zero-order valence-electron chi connectivity index (χ0n) is 15.5. The Morgan fingerprint density at radius 2 is 1.71 bits per heavy atom. The van der Waals surface area contributed by atoms with E-state index >= 15 is 0 Å². The lowest BCUT2D eigenvalue weighted by molar-refractivity contribution is 0.626. The van der Waals surface area contributed by atoms with E-state index in [1.54, 1.807) is 26.1 Å². The van der Waals surface area contributed by atoms with E-state index in [1.165, 1.54) is 28.8 Å². The Labute approximate surface area is 169 Å². The van der Waals surface area contributed by atoms with Crippen molar-refractivity contribution in [2.75, 3.05) is 10.0 Å². The number of pyridine rings is 1. The van der Waals surface area contributed by atoms with Crippen molar-refractivity contribution in [1.29, 1.82) is 0 Å². The van der Waals surface area contributed by atoms with Crippen molar-refractivity contribution >= 4 is 39.8 Å². The molecule has 8 heteroatoms. The summed E-state index contributed by atoms with van der Waals surface area (Å²) in [5.74, 6) is 0.00638. The molecule has 0 saturated carbocycles. The van der Waals surface area contributed by atoms with Crippen LogP contribution in [0.5, 0.6) is 0 Å². The minimum absolute atomic E-state index is 0.191. The number of nitrogens with zero attached hydrogens (tertiary/aromatic N) is 1. The maximum absolute atomic E-state index is 13.1. The third-order valence-electron chi connectivity index (χ3n) is 4.20. The molecule has 0 aliphatic heterocycles. The maximum atomic E-state index is 13.1. The van der Waals surface area contributed by atoms with Gasteiger partial charge >= 0.3 is 0 Å². The molecule has 0 saturated heterocycles. The number of benzene rings is 2. The molecule has 28 heavy (non-hydrogen) atoms. The highest BCUT2D eigenvalue weighted by atomic mass is 35.5. The van der Waals surface area contributed by atoms with Gasteiger partial charge in [0.15, 0.2) is 0 Å². The van der Waals surface area contributed by atoms with Gasteiger partial charge in [0.1, 0.15) is 22.6 Å². The molecule has 0 amide bonds. The summed E-state index contributed by atoms with van der Waals surface area (Å²) in [7, 11) is -0.0313. The second-order valence-corrected chi connectivity index (χ2v) is 8.01. The first-order valence-corrected chi connectivity index (χ1v) is 9.97. The number of rotatable bonds is 5. The summed E-state index contributed by atoms with van der Waals surface area (Å²) in [6.07, 6.45) is 0. The highest BCUT2D eigenvalue weighted by Crippen LogP contribution is 2.30. The minimum Gasteiger partial charge on any atom is -0.339 e. The number of aryl methyl sites for hydroxylation is 2. The Hall–Kier alpha value is -2.64. The molecule has 0 aliphatic rings. The predicted molar refractivity (Wildman–Crippen MR) is 112 cm³/mol. The summed E-state index contributed by atoms with van der Waals surface area (Å²) in [4.78, 5) is 12.8. The van der Waals surface area contributed by atoms with Crippen LogP contribution < -0.4 is 15.6 Å². The van der Waals surface area contributed by atoms with E-state index in [4.69, 9.17) is 11.6 Å². The smallest absolute Gasteiger partial charge is 0.254 e. The van der Waals surface area contributed by atoms with Gasteiger partial charge in [-0.15, -0.1) is 0 Å². The third kappa shape index (κ3) is 4.26. The molecule has 2 aromatic carbocycles. The first kappa shape index (κ1) is 20.1. The fourth-order valence-corrected chi connectivity index (χ4v) is 3.83. The number of anilines is 3. The van der Waals surface area contributed by atoms with E-state index in [0.29, 0.717) is 32.7 Å². The summed E-state index contributed by atoms with van der Waals surface area (Å²) in [6.45, 7) is 3.60. The summed E-state index contributed by atoms with van der Waals surface area (Å²) in [6, 6.07) is 12.5. The van der Waals surface area contributed by atoms with Crippen LogP contribution in [-0.4, -0.2) is 8.78 Å². The zero-order chi connectivity index (χ0) is 20.4. The van der Waals surface area contributed by atoms with Gasteiger partial charge in [-0.25, -0.2) is 8.60 Å². The molecule has 1 heterocycles. The number of nitrogens with one attached hydrogen (secondary N) is 2. The highest BCUT2D eigenvalue weighted by molar-refractivity contribution is 7.86. The zero-order valence-corrected chi connectivity index (χ0v) is 17.1. The molecule has 0 bridgehead atoms. The standard InChI is InChI=1S/C20H19ClFN3O2S/c1-12-4-9-17(16(21)10-12)23-19-18(11-13(2)20(26)25(19)3)24-28(27)15-7-5-14(22)6-8-15/h4-11,23-24H,1-3H3. The van der Waals surface area contributed by atoms with E-state index in [0.717, 1.165) is 5.56 Å². The average molecular weight is 420 g/mol. The van der Waals surface area contributed by atoms with Gasteiger partial charge in [0.05, 0.1) is 21.3 Å². The predicted octanol–water partition coefficient (Wildman–Crippen LogP) is 4.67. The van der Waals surface area contributed by atoms with Crippen LogP contribution in [0.1, 0.15) is 11.1 Å². The van der Waals surface area contributed by atoms with Crippen LogP contribution in [0, 0.1) is 19.7 Å². The van der Waals surface area contributed by atoms with Crippen molar-refractivity contribution in [2.45, 2.75) is 18.7 Å². The quantitative estimate of drug-likeness (QED) is 0.631. The molecule has 0 aliphatic carbocycles. The normalized spacial score (nSPS) is 11.9. The number of hydrogen-bond donors (Lipinski definition) is 2. The number of hydrogen-bond acceptors (Lipinski definition) is 3. The van der Waals surface area contributed by atoms with Crippen LogP contribution in [0.2, 0.25) is 5.02 Å². The van der Waals surface area contributed by atoms with Gasteiger partial charge in [-0.3, -0.25) is 14.1 Å². The molecule has 0 fully saturated rings. The monoisotopic (exact) mass is 419 g/mol. The molecule has 1 unspecified atom stereocenters. The lowest BCUT2D eigenvalue weighted by Gasteiger charge is -2.18. The average Bonchev–Trinajstić information content (AvgIpc) is 2.65. The van der Waals surface area contributed by atoms with Crippen LogP contribution >= 0.6 is 11.6 Å². The highest BCUT2D eigenvalue weighted by Gasteiger charge is 2.15. The van der Waals surface area contributed by atoms with E-state index in [2.05, 4.69) is 10.0 Å². The van der Waals surface area contributed by atoms with Crippen LogP contribution in [0.15, 0.2) is 58.2 Å². The van der Waals surface area contributed by atoms with Gasteiger partial charge in [-0.1, -0.05) is 17.7 Å². The number of halogens is 2. The molecular formula is C20H19ClFN3O2S. The van der Waals surface area contributed by atoms with Crippen molar-refractivity contribution in [3.8, 4) is 0 Å². The van der Waals surface area contributed by atoms with Gasteiger partial charge < -0.3 is 5.32 Å². The summed E-state index contributed by atoms with van der Waals surface area (Å²) in [5, 5.41) is 3.64. The summed E-state index contributed by atoms with van der Waals surface area (Å²) < 4.78 is 30.1. The van der Waals surface area contributed by atoms with Crippen LogP contribution in [0.3, 0.4) is 0 Å². The first-order chi connectivity index (χ1) is 13.3. The minimum atomic E-state index is -1.65. The molecule has 2 N–H and O–H groups in total. The van der Waals surface area contributed by atoms with E-state index < -0.39 is 16.8 Å². The van der Waals surface area contributed by atoms with E-state index in [9.17, 15) is 13.4 Å². The van der Waals surface area contributed by atoms with Crippen molar-refractivity contribution in [3.05, 3.63) is 80.9 Å². The van der Waals surface area contributed by atoms with Gasteiger partial charge in [-0.05, 0) is 61.9 Å². The van der Waals surface area contributed by atoms with Crippen LogP contribution in [0.4, 0.5) is 21.6 Å². The van der Waals surface area contributed by atoms with Crippen molar-refractivity contribution < 1.29 is 8.60 Å². The molecule has 146 valence electrons. The molecular weight excluding hydrogens is 401 g/mol. The lowest BCUT2D eigenvalue weighted by atomic mass is 10.2. The van der Waals surface area contributed by atoms with Gasteiger partial charge in [-0.2, -0.15) is 0 Å². The lowest BCUT2D eigenvalue weighted by Crippen LogP contribution is -2.23. The molecule has 3 rings (SSSR count). The Balaban J connectivity index is 2.01. The largest absolute Gasteiger partial charge is 0.339 e. The van der Waals surface area contributed by atoms with Crippen LogP contribution in [0.25, 0.3) is 0 Å².